The Morgan fingerprint density at radius 3 is 2.50 bits per heavy atom. The fourth-order valence-corrected chi connectivity index (χ4v) is 1.63. The Kier molecular flexibility index (Phi) is 3.08. The van der Waals surface area contributed by atoms with E-state index < -0.39 is 6.10 Å². The van der Waals surface area contributed by atoms with Gasteiger partial charge in [-0.2, -0.15) is 0 Å². The quantitative estimate of drug-likeness (QED) is 0.785. The molecule has 0 saturated heterocycles. The van der Waals surface area contributed by atoms with E-state index in [9.17, 15) is 5.11 Å². The van der Waals surface area contributed by atoms with Gasteiger partial charge in [0, 0.05) is 0 Å². The molecule has 0 aliphatic heterocycles. The third-order valence-electron chi connectivity index (χ3n) is 2.30. The van der Waals surface area contributed by atoms with Crippen LogP contribution in [-0.2, 0) is 0 Å². The van der Waals surface area contributed by atoms with Gasteiger partial charge in [-0.1, -0.05) is 41.9 Å². The fraction of sp³-hybridized carbons (Fsp3) is 0.0833. The molecule has 16 heavy (non-hydrogen) atoms. The van der Waals surface area contributed by atoms with Gasteiger partial charge < -0.3 is 10.8 Å². The highest BCUT2D eigenvalue weighted by Crippen LogP contribution is 2.25. The maximum absolute atomic E-state index is 10.1. The van der Waals surface area contributed by atoms with Crippen LogP contribution in [0.1, 0.15) is 17.4 Å². The number of rotatable bonds is 2. The Labute approximate surface area is 98.5 Å². The van der Waals surface area contributed by atoms with Gasteiger partial charge in [0.1, 0.15) is 11.3 Å². The SMILES string of the molecule is Nc1ccc(Cl)nc1C(O)c1ccccc1. The molecule has 1 unspecified atom stereocenters. The number of hydrogen-bond donors (Lipinski definition) is 2. The summed E-state index contributed by atoms with van der Waals surface area (Å²) < 4.78 is 0. The van der Waals surface area contributed by atoms with E-state index in [4.69, 9.17) is 17.3 Å². The van der Waals surface area contributed by atoms with Gasteiger partial charge in [0.25, 0.3) is 0 Å². The lowest BCUT2D eigenvalue weighted by atomic mass is 10.1. The van der Waals surface area contributed by atoms with Crippen molar-refractivity contribution in [3.63, 3.8) is 0 Å². The summed E-state index contributed by atoms with van der Waals surface area (Å²) in [6, 6.07) is 12.4. The first-order chi connectivity index (χ1) is 7.68. The second kappa shape index (κ2) is 4.51. The molecule has 0 aliphatic carbocycles. The van der Waals surface area contributed by atoms with Gasteiger partial charge in [0.15, 0.2) is 0 Å². The van der Waals surface area contributed by atoms with E-state index in [1.54, 1.807) is 12.1 Å². The standard InChI is InChI=1S/C12H11ClN2O/c13-10-7-6-9(14)11(15-10)12(16)8-4-2-1-3-5-8/h1-7,12,16H,14H2. The first-order valence-corrected chi connectivity index (χ1v) is 5.21. The Morgan fingerprint density at radius 1 is 1.12 bits per heavy atom. The van der Waals surface area contributed by atoms with Gasteiger partial charge in [0.05, 0.1) is 11.4 Å². The highest BCUT2D eigenvalue weighted by molar-refractivity contribution is 6.29. The molecule has 1 aromatic carbocycles. The van der Waals surface area contributed by atoms with Crippen LogP contribution in [-0.4, -0.2) is 10.1 Å². The van der Waals surface area contributed by atoms with Crippen LogP contribution in [0.3, 0.4) is 0 Å². The van der Waals surface area contributed by atoms with E-state index >= 15 is 0 Å². The van der Waals surface area contributed by atoms with Crippen LogP contribution in [0.2, 0.25) is 5.15 Å². The molecule has 1 heterocycles. The molecular formula is C12H11ClN2O. The molecule has 2 aromatic rings. The Bertz CT molecular complexity index is 488. The Morgan fingerprint density at radius 2 is 1.81 bits per heavy atom. The highest BCUT2D eigenvalue weighted by Gasteiger charge is 2.15. The lowest BCUT2D eigenvalue weighted by molar-refractivity contribution is 0.216. The van der Waals surface area contributed by atoms with Crippen molar-refractivity contribution in [1.82, 2.24) is 4.98 Å². The van der Waals surface area contributed by atoms with Gasteiger partial charge in [-0.15, -0.1) is 0 Å². The molecule has 0 bridgehead atoms. The molecule has 3 nitrogen and oxygen atoms in total. The van der Waals surface area contributed by atoms with Gasteiger partial charge in [0.2, 0.25) is 0 Å². The average Bonchev–Trinajstić information content (AvgIpc) is 2.32. The normalized spacial score (nSPS) is 12.4. The Balaban J connectivity index is 2.41. The number of benzene rings is 1. The number of nitrogens with zero attached hydrogens (tertiary/aromatic N) is 1. The first-order valence-electron chi connectivity index (χ1n) is 4.83. The van der Waals surface area contributed by atoms with Crippen LogP contribution < -0.4 is 5.73 Å². The minimum atomic E-state index is -0.847. The van der Waals surface area contributed by atoms with Crippen molar-refractivity contribution in [3.8, 4) is 0 Å². The van der Waals surface area contributed by atoms with E-state index in [-0.39, 0.29) is 0 Å². The van der Waals surface area contributed by atoms with E-state index in [0.717, 1.165) is 5.56 Å². The predicted octanol–water partition coefficient (Wildman–Crippen LogP) is 2.40. The summed E-state index contributed by atoms with van der Waals surface area (Å²) in [7, 11) is 0. The number of aromatic nitrogens is 1. The van der Waals surface area contributed by atoms with Gasteiger partial charge >= 0.3 is 0 Å². The van der Waals surface area contributed by atoms with Crippen molar-refractivity contribution in [2.75, 3.05) is 5.73 Å². The number of halogens is 1. The number of aliphatic hydroxyl groups excluding tert-OH is 1. The molecule has 1 aromatic heterocycles. The minimum Gasteiger partial charge on any atom is -0.397 e. The summed E-state index contributed by atoms with van der Waals surface area (Å²) in [6.45, 7) is 0. The summed E-state index contributed by atoms with van der Waals surface area (Å²) in [5, 5.41) is 10.4. The third-order valence-corrected chi connectivity index (χ3v) is 2.51. The lowest BCUT2D eigenvalue weighted by Crippen LogP contribution is -2.06. The molecule has 1 atom stereocenters. The molecule has 2 rings (SSSR count). The summed E-state index contributed by atoms with van der Waals surface area (Å²) in [6.07, 6.45) is -0.847. The molecule has 0 radical (unpaired) electrons. The second-order valence-electron chi connectivity index (χ2n) is 3.42. The van der Waals surface area contributed by atoms with Crippen LogP contribution in [0.15, 0.2) is 42.5 Å². The maximum atomic E-state index is 10.1. The average molecular weight is 235 g/mol. The smallest absolute Gasteiger partial charge is 0.129 e. The minimum absolute atomic E-state index is 0.319. The molecule has 4 heteroatoms. The molecule has 0 aliphatic rings. The van der Waals surface area contributed by atoms with Crippen LogP contribution in [0.25, 0.3) is 0 Å². The molecule has 82 valence electrons. The maximum Gasteiger partial charge on any atom is 0.129 e. The molecule has 3 N–H and O–H groups in total. The van der Waals surface area contributed by atoms with Crippen LogP contribution in [0.5, 0.6) is 0 Å². The van der Waals surface area contributed by atoms with E-state index in [2.05, 4.69) is 4.98 Å². The van der Waals surface area contributed by atoms with E-state index in [1.807, 2.05) is 30.3 Å². The molecule has 0 spiro atoms. The second-order valence-corrected chi connectivity index (χ2v) is 3.81. The number of hydrogen-bond acceptors (Lipinski definition) is 3. The van der Waals surface area contributed by atoms with Gasteiger partial charge in [-0.05, 0) is 17.7 Å². The van der Waals surface area contributed by atoms with Crippen molar-refractivity contribution in [2.24, 2.45) is 0 Å². The topological polar surface area (TPSA) is 59.1 Å². The van der Waals surface area contributed by atoms with Gasteiger partial charge in [-0.3, -0.25) is 0 Å². The number of nitrogen functional groups attached to an aromatic ring is 1. The first kappa shape index (κ1) is 10.9. The fourth-order valence-electron chi connectivity index (χ4n) is 1.47. The summed E-state index contributed by atoms with van der Waals surface area (Å²) in [4.78, 5) is 4.04. The van der Waals surface area contributed by atoms with Crippen LogP contribution in [0.4, 0.5) is 5.69 Å². The highest BCUT2D eigenvalue weighted by atomic mass is 35.5. The number of anilines is 1. The van der Waals surface area contributed by atoms with E-state index in [0.29, 0.717) is 16.5 Å². The molecule has 0 amide bonds. The van der Waals surface area contributed by atoms with Crippen LogP contribution >= 0.6 is 11.6 Å². The zero-order chi connectivity index (χ0) is 11.5. The number of aliphatic hydroxyl groups is 1. The molecule has 0 saturated carbocycles. The van der Waals surface area contributed by atoms with Crippen molar-refractivity contribution >= 4 is 17.3 Å². The molecular weight excluding hydrogens is 224 g/mol. The van der Waals surface area contributed by atoms with E-state index in [1.165, 1.54) is 0 Å². The summed E-state index contributed by atoms with van der Waals surface area (Å²) in [5.41, 5.74) is 7.31. The summed E-state index contributed by atoms with van der Waals surface area (Å²) >= 11 is 5.77. The number of nitrogens with two attached hydrogens (primary N) is 1. The van der Waals surface area contributed by atoms with Crippen molar-refractivity contribution in [3.05, 3.63) is 58.9 Å². The third kappa shape index (κ3) is 2.15. The monoisotopic (exact) mass is 234 g/mol. The lowest BCUT2D eigenvalue weighted by Gasteiger charge is -2.12. The van der Waals surface area contributed by atoms with Crippen LogP contribution in [0, 0.1) is 0 Å². The number of pyridine rings is 1. The van der Waals surface area contributed by atoms with Crippen molar-refractivity contribution < 1.29 is 5.11 Å². The predicted molar refractivity (Wildman–Crippen MR) is 64.2 cm³/mol. The Hall–Kier alpha value is -1.58. The zero-order valence-corrected chi connectivity index (χ0v) is 9.22. The van der Waals surface area contributed by atoms with Crippen molar-refractivity contribution in [2.45, 2.75) is 6.10 Å². The largest absolute Gasteiger partial charge is 0.397 e. The molecule has 0 fully saturated rings. The summed E-state index contributed by atoms with van der Waals surface area (Å²) in [5.74, 6) is 0. The van der Waals surface area contributed by atoms with Crippen molar-refractivity contribution in [1.29, 1.82) is 0 Å². The van der Waals surface area contributed by atoms with Gasteiger partial charge in [-0.25, -0.2) is 4.98 Å². The zero-order valence-electron chi connectivity index (χ0n) is 8.47.